The molecule has 1 saturated heterocycles. The van der Waals surface area contributed by atoms with Gasteiger partial charge in [0.25, 0.3) is 5.91 Å². The second-order valence-electron chi connectivity index (χ2n) is 8.56. The molecule has 4 rings (SSSR count). The van der Waals surface area contributed by atoms with Crippen molar-refractivity contribution >= 4 is 28.6 Å². The van der Waals surface area contributed by atoms with Crippen LogP contribution in [0.15, 0.2) is 41.1 Å². The lowest BCUT2D eigenvalue weighted by atomic mass is 9.98. The molecular formula is C24H28FN5O3. The van der Waals surface area contributed by atoms with Gasteiger partial charge in [-0.25, -0.2) is 9.18 Å². The molecule has 0 bridgehead atoms. The fraction of sp³-hybridized carbons (Fsp3) is 0.375. The summed E-state index contributed by atoms with van der Waals surface area (Å²) in [5.74, 6) is 0.144. The maximum atomic E-state index is 13.7. The Morgan fingerprint density at radius 1 is 1.18 bits per heavy atom. The molecule has 8 nitrogen and oxygen atoms in total. The number of hydrogen-bond donors (Lipinski definition) is 3. The molecule has 0 aliphatic carbocycles. The summed E-state index contributed by atoms with van der Waals surface area (Å²) in [5, 5.41) is 9.60. The van der Waals surface area contributed by atoms with Crippen molar-refractivity contribution in [3.8, 4) is 0 Å². The van der Waals surface area contributed by atoms with Crippen molar-refractivity contribution in [2.45, 2.75) is 26.8 Å². The molecule has 174 valence electrons. The first-order valence-electron chi connectivity index (χ1n) is 11.0. The van der Waals surface area contributed by atoms with E-state index < -0.39 is 12.1 Å². The van der Waals surface area contributed by atoms with E-state index >= 15 is 0 Å². The average Bonchev–Trinajstić information content (AvgIpc) is 3.13. The summed E-state index contributed by atoms with van der Waals surface area (Å²) in [6.45, 7) is 8.55. The zero-order valence-electron chi connectivity index (χ0n) is 18.9. The molecule has 9 heteroatoms. The molecule has 33 heavy (non-hydrogen) atoms. The van der Waals surface area contributed by atoms with E-state index in [0.29, 0.717) is 41.1 Å². The van der Waals surface area contributed by atoms with Crippen molar-refractivity contribution in [2.24, 2.45) is 5.92 Å². The predicted octanol–water partition coefficient (Wildman–Crippen LogP) is 3.84. The lowest BCUT2D eigenvalue weighted by Crippen LogP contribution is -2.46. The summed E-state index contributed by atoms with van der Waals surface area (Å²) in [6, 6.07) is 5.11. The van der Waals surface area contributed by atoms with Crippen LogP contribution in [0.25, 0.3) is 11.0 Å². The lowest BCUT2D eigenvalue weighted by molar-refractivity contribution is 0.0735. The number of urea groups is 1. The number of anilines is 1. The Bertz CT molecular complexity index is 1170. The largest absolute Gasteiger partial charge is 0.459 e. The first-order chi connectivity index (χ1) is 15.8. The molecule has 0 spiro atoms. The Balaban J connectivity index is 1.49. The van der Waals surface area contributed by atoms with Gasteiger partial charge in [0.15, 0.2) is 0 Å². The SMILES string of the molecule is Cc1c([C@@H](NC(=O)Nc2cncc(C(=O)N3CCNCC3)c2)C(C)C)oc2ccc(F)cc12. The number of carbonyl (C=O) groups excluding carboxylic acids is 2. The van der Waals surface area contributed by atoms with E-state index in [1.54, 1.807) is 17.0 Å². The first kappa shape index (κ1) is 22.7. The Morgan fingerprint density at radius 2 is 1.94 bits per heavy atom. The normalized spacial score (nSPS) is 15.0. The average molecular weight is 454 g/mol. The highest BCUT2D eigenvalue weighted by molar-refractivity contribution is 5.96. The van der Waals surface area contributed by atoms with Crippen molar-refractivity contribution in [1.29, 1.82) is 0 Å². The minimum atomic E-state index is -0.451. The standard InChI is InChI=1S/C24H28FN5O3/c1-14(2)21(22-15(3)19-11-17(25)4-5-20(19)33-22)29-24(32)28-18-10-16(12-27-13-18)23(31)30-8-6-26-7-9-30/h4-5,10-14,21,26H,6-9H2,1-3H3,(H2,28,29,32)/t21-/m0/s1. The molecular weight excluding hydrogens is 425 g/mol. The number of furan rings is 1. The number of amides is 3. The summed E-state index contributed by atoms with van der Waals surface area (Å²) >= 11 is 0. The number of carbonyl (C=O) groups is 2. The lowest BCUT2D eigenvalue weighted by Gasteiger charge is -2.27. The van der Waals surface area contributed by atoms with Crippen molar-refractivity contribution in [1.82, 2.24) is 20.5 Å². The number of pyridine rings is 1. The van der Waals surface area contributed by atoms with Gasteiger partial charge in [-0.05, 0) is 37.1 Å². The maximum Gasteiger partial charge on any atom is 0.319 e. The van der Waals surface area contributed by atoms with E-state index in [-0.39, 0.29) is 17.6 Å². The van der Waals surface area contributed by atoms with Crippen LogP contribution in [0.5, 0.6) is 0 Å². The summed E-state index contributed by atoms with van der Waals surface area (Å²) in [5.41, 5.74) is 2.19. The van der Waals surface area contributed by atoms with Crippen LogP contribution in [0.3, 0.4) is 0 Å². The molecule has 3 N–H and O–H groups in total. The van der Waals surface area contributed by atoms with Gasteiger partial charge in [-0.3, -0.25) is 9.78 Å². The zero-order valence-corrected chi connectivity index (χ0v) is 18.9. The number of fused-ring (bicyclic) bond motifs is 1. The number of piperazine rings is 1. The fourth-order valence-electron chi connectivity index (χ4n) is 4.03. The van der Waals surface area contributed by atoms with Crippen LogP contribution in [-0.4, -0.2) is 48.0 Å². The molecule has 2 aromatic heterocycles. The number of rotatable bonds is 5. The highest BCUT2D eigenvalue weighted by Crippen LogP contribution is 2.33. The van der Waals surface area contributed by atoms with Gasteiger partial charge in [0.1, 0.15) is 17.2 Å². The topological polar surface area (TPSA) is 99.5 Å². The van der Waals surface area contributed by atoms with E-state index in [1.807, 2.05) is 20.8 Å². The molecule has 3 aromatic rings. The minimum Gasteiger partial charge on any atom is -0.459 e. The predicted molar refractivity (Wildman–Crippen MR) is 124 cm³/mol. The molecule has 1 aliphatic rings. The van der Waals surface area contributed by atoms with E-state index in [2.05, 4.69) is 20.9 Å². The smallest absolute Gasteiger partial charge is 0.319 e. The Morgan fingerprint density at radius 3 is 2.67 bits per heavy atom. The van der Waals surface area contributed by atoms with Crippen LogP contribution in [0.1, 0.15) is 41.6 Å². The zero-order chi connectivity index (χ0) is 23.5. The highest BCUT2D eigenvalue weighted by Gasteiger charge is 2.26. The van der Waals surface area contributed by atoms with Crippen LogP contribution in [0, 0.1) is 18.7 Å². The number of hydrogen-bond acceptors (Lipinski definition) is 5. The maximum absolute atomic E-state index is 13.7. The second kappa shape index (κ2) is 9.58. The first-order valence-corrected chi connectivity index (χ1v) is 11.0. The van der Waals surface area contributed by atoms with E-state index in [4.69, 9.17) is 4.42 Å². The van der Waals surface area contributed by atoms with E-state index in [0.717, 1.165) is 18.7 Å². The van der Waals surface area contributed by atoms with Crippen LogP contribution < -0.4 is 16.0 Å². The Labute approximate surface area is 191 Å². The molecule has 1 atom stereocenters. The molecule has 3 heterocycles. The third kappa shape index (κ3) is 4.98. The monoisotopic (exact) mass is 453 g/mol. The minimum absolute atomic E-state index is 0.0126. The van der Waals surface area contributed by atoms with E-state index in [9.17, 15) is 14.0 Å². The molecule has 0 saturated carbocycles. The van der Waals surface area contributed by atoms with Crippen molar-refractivity contribution < 1.29 is 18.4 Å². The van der Waals surface area contributed by atoms with Gasteiger partial charge < -0.3 is 25.3 Å². The number of nitrogens with one attached hydrogen (secondary N) is 3. The van der Waals surface area contributed by atoms with Crippen LogP contribution in [-0.2, 0) is 0 Å². The van der Waals surface area contributed by atoms with Crippen molar-refractivity contribution in [3.05, 3.63) is 59.4 Å². The van der Waals surface area contributed by atoms with Crippen LogP contribution in [0.2, 0.25) is 0 Å². The third-order valence-corrected chi connectivity index (χ3v) is 5.82. The molecule has 1 aliphatic heterocycles. The van der Waals surface area contributed by atoms with Gasteiger partial charge in [0.2, 0.25) is 0 Å². The molecule has 0 radical (unpaired) electrons. The Kier molecular flexibility index (Phi) is 6.60. The van der Waals surface area contributed by atoms with Crippen molar-refractivity contribution in [2.75, 3.05) is 31.5 Å². The number of halogens is 1. The molecule has 1 aromatic carbocycles. The summed E-state index contributed by atoms with van der Waals surface area (Å²) < 4.78 is 19.7. The number of aryl methyl sites for hydroxylation is 1. The summed E-state index contributed by atoms with van der Waals surface area (Å²) in [7, 11) is 0. The quantitative estimate of drug-likeness (QED) is 0.545. The highest BCUT2D eigenvalue weighted by atomic mass is 19.1. The fourth-order valence-corrected chi connectivity index (χ4v) is 4.03. The van der Waals surface area contributed by atoms with Gasteiger partial charge in [0.05, 0.1) is 23.5 Å². The number of aromatic nitrogens is 1. The number of benzene rings is 1. The second-order valence-corrected chi connectivity index (χ2v) is 8.56. The van der Waals surface area contributed by atoms with Gasteiger partial charge in [-0.15, -0.1) is 0 Å². The molecule has 3 amide bonds. The Hall–Kier alpha value is -3.46. The van der Waals surface area contributed by atoms with Gasteiger partial charge >= 0.3 is 6.03 Å². The summed E-state index contributed by atoms with van der Waals surface area (Å²) in [6.07, 6.45) is 3.00. The van der Waals surface area contributed by atoms with Crippen molar-refractivity contribution in [3.63, 3.8) is 0 Å². The van der Waals surface area contributed by atoms with Gasteiger partial charge in [-0.1, -0.05) is 13.8 Å². The molecule has 0 unspecified atom stereocenters. The summed E-state index contributed by atoms with van der Waals surface area (Å²) in [4.78, 5) is 31.4. The van der Waals surface area contributed by atoms with Gasteiger partial charge in [-0.2, -0.15) is 0 Å². The third-order valence-electron chi connectivity index (χ3n) is 5.82. The van der Waals surface area contributed by atoms with Gasteiger partial charge in [0, 0.05) is 43.3 Å². The van der Waals surface area contributed by atoms with E-state index in [1.165, 1.54) is 24.5 Å². The van der Waals surface area contributed by atoms with Crippen LogP contribution >= 0.6 is 0 Å². The van der Waals surface area contributed by atoms with Crippen LogP contribution in [0.4, 0.5) is 14.9 Å². The number of nitrogens with zero attached hydrogens (tertiary/aromatic N) is 2. The molecule has 1 fully saturated rings.